The van der Waals surface area contributed by atoms with E-state index in [4.69, 9.17) is 17.8 Å². The van der Waals surface area contributed by atoms with Gasteiger partial charge >= 0.3 is 42.8 Å². The fourth-order valence-electron chi connectivity index (χ4n) is 1.80. The van der Waals surface area contributed by atoms with Crippen LogP contribution in [0.5, 0.6) is 0 Å². The summed E-state index contributed by atoms with van der Waals surface area (Å²) in [6.45, 7) is 19.5. The quantitative estimate of drug-likeness (QED) is 0.278. The van der Waals surface area contributed by atoms with Crippen LogP contribution in [-0.2, 0) is 8.23 Å². The van der Waals surface area contributed by atoms with Crippen LogP contribution < -0.4 is 5.19 Å². The molecule has 31 heavy (non-hydrogen) atoms. The van der Waals surface area contributed by atoms with Gasteiger partial charge in [-0.3, -0.25) is 0 Å². The van der Waals surface area contributed by atoms with E-state index in [1.807, 2.05) is 18.2 Å². The van der Waals surface area contributed by atoms with Gasteiger partial charge in [0.1, 0.15) is 0 Å². The molecule has 0 saturated carbocycles. The van der Waals surface area contributed by atoms with Crippen LogP contribution in [0.15, 0.2) is 67.2 Å². The Hall–Kier alpha value is -0.796. The van der Waals surface area contributed by atoms with E-state index in [9.17, 15) is 19.2 Å². The first-order valence-electron chi connectivity index (χ1n) is 9.41. The molecule has 0 fully saturated rings. The van der Waals surface area contributed by atoms with E-state index < -0.39 is 42.8 Å². The third-order valence-corrected chi connectivity index (χ3v) is 13.9. The molecule has 1 rings (SSSR count). The highest BCUT2D eigenvalue weighted by Gasteiger charge is 2.38. The zero-order chi connectivity index (χ0) is 25.1. The van der Waals surface area contributed by atoms with Gasteiger partial charge in [-0.05, 0) is 44.5 Å². The van der Waals surface area contributed by atoms with Gasteiger partial charge in [-0.2, -0.15) is 0 Å². The van der Waals surface area contributed by atoms with Crippen LogP contribution in [0.25, 0.3) is 0 Å². The molecule has 3 atom stereocenters. The predicted molar refractivity (Wildman–Crippen MR) is 136 cm³/mol. The second-order valence-electron chi connectivity index (χ2n) is 7.82. The molecule has 3 unspecified atom stereocenters. The molecular weight excluding hydrogens is 485 g/mol. The zero-order valence-electron chi connectivity index (χ0n) is 19.2. The Morgan fingerprint density at radius 1 is 0.645 bits per heavy atom. The highest BCUT2D eigenvalue weighted by atomic mass is 28.5. The fraction of sp³-hybridized carbons (Fsp3) is 0.333. The summed E-state index contributed by atoms with van der Waals surface area (Å²) < 4.78 is 10.5. The minimum absolute atomic E-state index is 0.750. The van der Waals surface area contributed by atoms with Crippen LogP contribution in [0.3, 0.4) is 0 Å². The second kappa shape index (κ2) is 13.0. The lowest BCUT2D eigenvalue weighted by molar-refractivity contribution is 0.326. The van der Waals surface area contributed by atoms with Gasteiger partial charge in [0.25, 0.3) is 0 Å². The molecule has 0 amide bonds. The highest BCUT2D eigenvalue weighted by molar-refractivity contribution is 6.88. The maximum absolute atomic E-state index is 10.2. The van der Waals surface area contributed by atoms with E-state index in [2.05, 4.69) is 19.7 Å². The van der Waals surface area contributed by atoms with Crippen LogP contribution in [0.1, 0.15) is 0 Å². The van der Waals surface area contributed by atoms with Crippen LogP contribution in [0.4, 0.5) is 0 Å². The Bertz CT molecular complexity index is 682. The molecule has 0 heterocycles. The van der Waals surface area contributed by atoms with Crippen LogP contribution in [0.2, 0.25) is 39.3 Å². The van der Waals surface area contributed by atoms with Crippen molar-refractivity contribution in [3.8, 4) is 0 Å². The summed E-state index contributed by atoms with van der Waals surface area (Å²) in [7, 11) is -14.1. The number of hydrogen-bond acceptors (Lipinski definition) is 8. The standard InChI is InChI=1S/C10H16O3Si2.C5H14O3Si2.C3H8O2Si/c1-4-14(2,11)13-15(3,12)10-8-6-5-7-9-10;1-5-10(4,7)8-9(2,3)6;1-3-6(2,4)5/h4-9,11-12H,1H2,2-3H3;5-7H,1H2,2-4H3;3-5H,1H2,2H3. The number of benzene rings is 1. The SMILES string of the molecule is C=C[Si](C)(O)O.C=C[Si](C)(O)O[Si](C)(C)O.C=C[Si](C)(O)O[Si](C)(O)c1ccccc1. The molecule has 1 aromatic rings. The van der Waals surface area contributed by atoms with Crippen molar-refractivity contribution in [2.75, 3.05) is 0 Å². The molecular formula is C18H38O8Si5. The maximum atomic E-state index is 10.2. The first-order chi connectivity index (χ1) is 13.7. The Morgan fingerprint density at radius 3 is 1.26 bits per heavy atom. The molecule has 0 aromatic heterocycles. The van der Waals surface area contributed by atoms with Crippen molar-refractivity contribution in [2.24, 2.45) is 0 Å². The smallest absolute Gasteiger partial charge is 0.358 e. The summed E-state index contributed by atoms with van der Waals surface area (Å²) in [6.07, 6.45) is 0. The Morgan fingerprint density at radius 2 is 1.00 bits per heavy atom. The van der Waals surface area contributed by atoms with Gasteiger partial charge in [-0.25, -0.2) is 0 Å². The average molecular weight is 523 g/mol. The van der Waals surface area contributed by atoms with Crippen LogP contribution in [0, 0.1) is 0 Å². The van der Waals surface area contributed by atoms with Crippen molar-refractivity contribution in [3.05, 3.63) is 67.2 Å². The van der Waals surface area contributed by atoms with Gasteiger partial charge in [0.2, 0.25) is 0 Å². The number of hydrogen-bond donors (Lipinski definition) is 6. The second-order valence-corrected chi connectivity index (χ2v) is 22.5. The molecule has 13 heteroatoms. The van der Waals surface area contributed by atoms with Crippen molar-refractivity contribution in [1.29, 1.82) is 0 Å². The number of rotatable bonds is 8. The normalized spacial score (nSPS) is 17.2. The van der Waals surface area contributed by atoms with E-state index in [1.54, 1.807) is 44.9 Å². The molecule has 0 aliphatic rings. The van der Waals surface area contributed by atoms with Crippen molar-refractivity contribution < 1.29 is 37.0 Å². The van der Waals surface area contributed by atoms with Crippen molar-refractivity contribution in [1.82, 2.24) is 0 Å². The zero-order valence-corrected chi connectivity index (χ0v) is 24.2. The fourth-order valence-corrected chi connectivity index (χ4v) is 11.0. The maximum Gasteiger partial charge on any atom is 0.358 e. The largest absolute Gasteiger partial charge is 0.412 e. The first-order valence-corrected chi connectivity index (χ1v) is 22.0. The molecule has 1 aromatic carbocycles. The minimum atomic E-state index is -3.00. The molecule has 0 saturated heterocycles. The molecule has 6 N–H and O–H groups in total. The average Bonchev–Trinajstić information content (AvgIpc) is 2.60. The highest BCUT2D eigenvalue weighted by Crippen LogP contribution is 2.11. The van der Waals surface area contributed by atoms with Gasteiger partial charge in [0.05, 0.1) is 0 Å². The van der Waals surface area contributed by atoms with Gasteiger partial charge in [0, 0.05) is 0 Å². The van der Waals surface area contributed by atoms with Crippen molar-refractivity contribution >= 4 is 48.0 Å². The summed E-state index contributed by atoms with van der Waals surface area (Å²) in [5, 5.41) is 0.750. The van der Waals surface area contributed by atoms with E-state index in [-0.39, 0.29) is 0 Å². The molecule has 0 bridgehead atoms. The molecule has 0 spiro atoms. The summed E-state index contributed by atoms with van der Waals surface area (Å²) in [5.74, 6) is 0. The van der Waals surface area contributed by atoms with Gasteiger partial charge < -0.3 is 37.0 Å². The van der Waals surface area contributed by atoms with E-state index in [1.165, 1.54) is 23.6 Å². The lowest BCUT2D eigenvalue weighted by atomic mass is 10.4. The van der Waals surface area contributed by atoms with Gasteiger partial charge in [-0.1, -0.05) is 47.4 Å². The first kappa shape index (κ1) is 32.4. The Kier molecular flexibility index (Phi) is 13.6. The minimum Gasteiger partial charge on any atom is -0.412 e. The topological polar surface area (TPSA) is 140 Å². The van der Waals surface area contributed by atoms with E-state index in [0.29, 0.717) is 0 Å². The summed E-state index contributed by atoms with van der Waals surface area (Å²) in [5.41, 5.74) is 3.97. The van der Waals surface area contributed by atoms with Crippen molar-refractivity contribution in [2.45, 2.75) is 39.3 Å². The third-order valence-electron chi connectivity index (χ3n) is 3.32. The summed E-state index contributed by atoms with van der Waals surface area (Å²) in [6, 6.07) is 9.16. The Balaban J connectivity index is 0. The lowest BCUT2D eigenvalue weighted by Crippen LogP contribution is -2.55. The van der Waals surface area contributed by atoms with E-state index in [0.717, 1.165) is 5.19 Å². The molecule has 0 aliphatic carbocycles. The Labute approximate surface area is 191 Å². The third kappa shape index (κ3) is 18.5. The van der Waals surface area contributed by atoms with Crippen molar-refractivity contribution in [3.63, 3.8) is 0 Å². The van der Waals surface area contributed by atoms with Gasteiger partial charge in [0.15, 0.2) is 0 Å². The monoisotopic (exact) mass is 522 g/mol. The van der Waals surface area contributed by atoms with Crippen LogP contribution in [-0.4, -0.2) is 71.6 Å². The summed E-state index contributed by atoms with van der Waals surface area (Å²) in [4.78, 5) is 55.4. The molecule has 8 nitrogen and oxygen atoms in total. The lowest BCUT2D eigenvalue weighted by Gasteiger charge is -2.27. The molecule has 0 aliphatic heterocycles. The molecule has 0 radical (unpaired) electrons. The van der Waals surface area contributed by atoms with Gasteiger partial charge in [-0.15, -0.1) is 19.7 Å². The van der Waals surface area contributed by atoms with E-state index >= 15 is 0 Å². The van der Waals surface area contributed by atoms with Crippen LogP contribution >= 0.6 is 0 Å². The molecule has 178 valence electrons. The predicted octanol–water partition coefficient (Wildman–Crippen LogP) is 1.02. The summed E-state index contributed by atoms with van der Waals surface area (Å²) >= 11 is 0.